The number of amides is 1. The molecule has 0 aliphatic rings. The molecule has 0 saturated heterocycles. The number of hydrogen-bond donors (Lipinski definition) is 1. The van der Waals surface area contributed by atoms with Gasteiger partial charge in [0.2, 0.25) is 0 Å². The molecule has 1 N–H and O–H groups in total. The Kier molecular flexibility index (Phi) is 6.26. The number of thioether (sulfide) groups is 1. The zero-order valence-corrected chi connectivity index (χ0v) is 14.6. The van der Waals surface area contributed by atoms with Gasteiger partial charge in [-0.3, -0.25) is 4.79 Å². The molecule has 1 atom stereocenters. The van der Waals surface area contributed by atoms with Crippen LogP contribution in [0.15, 0.2) is 53.4 Å². The van der Waals surface area contributed by atoms with Crippen molar-refractivity contribution >= 4 is 29.3 Å². The zero-order valence-electron chi connectivity index (χ0n) is 13.7. The van der Waals surface area contributed by atoms with Crippen molar-refractivity contribution in [1.29, 1.82) is 0 Å². The number of carbonyl (C=O) groups excluding carboxylic acids is 2. The van der Waals surface area contributed by atoms with Gasteiger partial charge in [0.15, 0.2) is 6.10 Å². The van der Waals surface area contributed by atoms with Crippen molar-refractivity contribution < 1.29 is 19.1 Å². The van der Waals surface area contributed by atoms with Crippen LogP contribution in [0.5, 0.6) is 5.75 Å². The van der Waals surface area contributed by atoms with Gasteiger partial charge >= 0.3 is 5.97 Å². The third-order valence-electron chi connectivity index (χ3n) is 3.34. The molecule has 0 radical (unpaired) electrons. The fraction of sp³-hybridized carbons (Fsp3) is 0.222. The number of ether oxygens (including phenoxy) is 2. The highest BCUT2D eigenvalue weighted by Gasteiger charge is 2.19. The summed E-state index contributed by atoms with van der Waals surface area (Å²) >= 11 is 1.59. The Hall–Kier alpha value is -2.47. The number of anilines is 1. The van der Waals surface area contributed by atoms with Crippen molar-refractivity contribution in [2.24, 2.45) is 0 Å². The quantitative estimate of drug-likeness (QED) is 0.640. The maximum Gasteiger partial charge on any atom is 0.338 e. The summed E-state index contributed by atoms with van der Waals surface area (Å²) < 4.78 is 10.3. The van der Waals surface area contributed by atoms with E-state index in [0.717, 1.165) is 4.90 Å². The second-order valence-corrected chi connectivity index (χ2v) is 5.87. The van der Waals surface area contributed by atoms with E-state index >= 15 is 0 Å². The van der Waals surface area contributed by atoms with Crippen molar-refractivity contribution in [1.82, 2.24) is 0 Å². The highest BCUT2D eigenvalue weighted by atomic mass is 32.2. The topological polar surface area (TPSA) is 64.6 Å². The number of esters is 1. The van der Waals surface area contributed by atoms with Gasteiger partial charge in [0.1, 0.15) is 5.75 Å². The highest BCUT2D eigenvalue weighted by molar-refractivity contribution is 7.98. The molecule has 2 rings (SSSR count). The average Bonchev–Trinajstić information content (AvgIpc) is 2.62. The Bertz CT molecular complexity index is 698. The summed E-state index contributed by atoms with van der Waals surface area (Å²) in [7, 11) is 1.57. The first-order valence-electron chi connectivity index (χ1n) is 7.33. The Labute approximate surface area is 145 Å². The van der Waals surface area contributed by atoms with Crippen LogP contribution in [0.4, 0.5) is 5.69 Å². The van der Waals surface area contributed by atoms with Gasteiger partial charge in [0.05, 0.1) is 12.7 Å². The second kappa shape index (κ2) is 8.40. The van der Waals surface area contributed by atoms with Crippen molar-refractivity contribution in [2.75, 3.05) is 18.7 Å². The van der Waals surface area contributed by atoms with Crippen molar-refractivity contribution in [3.63, 3.8) is 0 Å². The number of carbonyl (C=O) groups is 2. The smallest absolute Gasteiger partial charge is 0.338 e. The minimum absolute atomic E-state index is 0.394. The van der Waals surface area contributed by atoms with Gasteiger partial charge in [-0.25, -0.2) is 4.79 Å². The van der Waals surface area contributed by atoms with Crippen molar-refractivity contribution in [2.45, 2.75) is 17.9 Å². The molecule has 0 aromatic heterocycles. The standard InChI is InChI=1S/C18H19NO4S/c1-12(17(20)19-14-6-8-15(22-2)9-7-14)23-18(21)13-4-10-16(24-3)11-5-13/h4-12H,1-3H3,(H,19,20)/t12-/m0/s1. The minimum atomic E-state index is -0.903. The van der Waals surface area contributed by atoms with E-state index in [2.05, 4.69) is 5.32 Å². The van der Waals surface area contributed by atoms with E-state index < -0.39 is 18.0 Å². The van der Waals surface area contributed by atoms with Crippen LogP contribution in [0.25, 0.3) is 0 Å². The molecule has 0 saturated carbocycles. The van der Waals surface area contributed by atoms with Gasteiger partial charge in [-0.1, -0.05) is 0 Å². The first-order valence-corrected chi connectivity index (χ1v) is 8.56. The normalized spacial score (nSPS) is 11.5. The number of nitrogens with one attached hydrogen (secondary N) is 1. The van der Waals surface area contributed by atoms with Gasteiger partial charge in [0, 0.05) is 10.6 Å². The van der Waals surface area contributed by atoms with Gasteiger partial charge in [0.25, 0.3) is 5.91 Å². The number of methoxy groups -OCH3 is 1. The third kappa shape index (κ3) is 4.76. The molecule has 24 heavy (non-hydrogen) atoms. The molecule has 2 aromatic carbocycles. The predicted molar refractivity (Wildman–Crippen MR) is 94.7 cm³/mol. The Balaban J connectivity index is 1.93. The molecule has 126 valence electrons. The lowest BCUT2D eigenvalue weighted by atomic mass is 10.2. The largest absolute Gasteiger partial charge is 0.497 e. The SMILES string of the molecule is COc1ccc(NC(=O)[C@H](C)OC(=O)c2ccc(SC)cc2)cc1. The van der Waals surface area contributed by atoms with E-state index in [4.69, 9.17) is 9.47 Å². The van der Waals surface area contributed by atoms with Crippen LogP contribution in [0, 0.1) is 0 Å². The maximum atomic E-state index is 12.1. The fourth-order valence-electron chi connectivity index (χ4n) is 1.93. The average molecular weight is 345 g/mol. The van der Waals surface area contributed by atoms with E-state index in [1.807, 2.05) is 18.4 Å². The zero-order chi connectivity index (χ0) is 17.5. The van der Waals surface area contributed by atoms with Crippen molar-refractivity contribution in [3.8, 4) is 5.75 Å². The number of rotatable bonds is 6. The van der Waals surface area contributed by atoms with E-state index in [-0.39, 0.29) is 0 Å². The number of benzene rings is 2. The molecule has 0 unspecified atom stereocenters. The van der Waals surface area contributed by atoms with E-state index in [0.29, 0.717) is 17.0 Å². The van der Waals surface area contributed by atoms with Crippen LogP contribution in [-0.4, -0.2) is 31.3 Å². The molecule has 0 fully saturated rings. The van der Waals surface area contributed by atoms with Crippen LogP contribution in [-0.2, 0) is 9.53 Å². The summed E-state index contributed by atoms with van der Waals surface area (Å²) in [6.45, 7) is 1.53. The first kappa shape index (κ1) is 17.9. The summed E-state index contributed by atoms with van der Waals surface area (Å²) in [5, 5.41) is 2.69. The Morgan fingerprint density at radius 1 is 1.04 bits per heavy atom. The van der Waals surface area contributed by atoms with Gasteiger partial charge < -0.3 is 14.8 Å². The lowest BCUT2D eigenvalue weighted by Crippen LogP contribution is -2.29. The predicted octanol–water partition coefficient (Wildman–Crippen LogP) is 3.60. The summed E-state index contributed by atoms with van der Waals surface area (Å²) in [4.78, 5) is 25.2. The van der Waals surface area contributed by atoms with Gasteiger partial charge in [-0.2, -0.15) is 0 Å². The van der Waals surface area contributed by atoms with Crippen LogP contribution >= 0.6 is 11.8 Å². The van der Waals surface area contributed by atoms with Gasteiger partial charge in [-0.05, 0) is 61.7 Å². The molecule has 0 aliphatic heterocycles. The molecule has 2 aromatic rings. The van der Waals surface area contributed by atoms with Crippen LogP contribution in [0.2, 0.25) is 0 Å². The second-order valence-electron chi connectivity index (χ2n) is 4.99. The Morgan fingerprint density at radius 3 is 2.21 bits per heavy atom. The van der Waals surface area contributed by atoms with E-state index in [9.17, 15) is 9.59 Å². The highest BCUT2D eigenvalue weighted by Crippen LogP contribution is 2.17. The summed E-state index contributed by atoms with van der Waals surface area (Å²) in [5.74, 6) is -0.226. The molecule has 0 spiro atoms. The van der Waals surface area contributed by atoms with Crippen LogP contribution in [0.3, 0.4) is 0 Å². The molecule has 0 bridgehead atoms. The molecule has 1 amide bonds. The van der Waals surface area contributed by atoms with E-state index in [1.165, 1.54) is 6.92 Å². The monoisotopic (exact) mass is 345 g/mol. The van der Waals surface area contributed by atoms with Gasteiger partial charge in [-0.15, -0.1) is 11.8 Å². The lowest BCUT2D eigenvalue weighted by Gasteiger charge is -2.14. The Morgan fingerprint density at radius 2 is 1.67 bits per heavy atom. The molecular weight excluding hydrogens is 326 g/mol. The van der Waals surface area contributed by atoms with Crippen LogP contribution in [0.1, 0.15) is 17.3 Å². The molecule has 0 aliphatic carbocycles. The molecular formula is C18H19NO4S. The first-order chi connectivity index (χ1) is 11.5. The molecule has 0 heterocycles. The minimum Gasteiger partial charge on any atom is -0.497 e. The summed E-state index contributed by atoms with van der Waals surface area (Å²) in [6, 6.07) is 13.9. The van der Waals surface area contributed by atoms with Crippen LogP contribution < -0.4 is 10.1 Å². The lowest BCUT2D eigenvalue weighted by molar-refractivity contribution is -0.123. The summed E-state index contributed by atoms with van der Waals surface area (Å²) in [6.07, 6.45) is 1.05. The maximum absolute atomic E-state index is 12.1. The molecule has 5 nitrogen and oxygen atoms in total. The van der Waals surface area contributed by atoms with E-state index in [1.54, 1.807) is 55.3 Å². The fourth-order valence-corrected chi connectivity index (χ4v) is 2.34. The third-order valence-corrected chi connectivity index (χ3v) is 4.08. The number of hydrogen-bond acceptors (Lipinski definition) is 5. The molecule has 6 heteroatoms. The van der Waals surface area contributed by atoms with Crippen molar-refractivity contribution in [3.05, 3.63) is 54.1 Å². The summed E-state index contributed by atoms with van der Waals surface area (Å²) in [5.41, 5.74) is 1.02.